The molecule has 1 atom stereocenters. The summed E-state index contributed by atoms with van der Waals surface area (Å²) in [5, 5.41) is 9.73. The van der Waals surface area contributed by atoms with Gasteiger partial charge in [0.05, 0.1) is 19.3 Å². The Labute approximate surface area is 255 Å². The number of hydrogen-bond donors (Lipinski definition) is 4. The molecule has 0 bridgehead atoms. The predicted octanol–water partition coefficient (Wildman–Crippen LogP) is 5.15. The molecule has 0 radical (unpaired) electrons. The van der Waals surface area contributed by atoms with E-state index in [9.17, 15) is 18.8 Å². The molecule has 0 aliphatic rings. The number of rotatable bonds is 26. The van der Waals surface area contributed by atoms with E-state index >= 15 is 0 Å². The molecule has 2 aromatic rings. The predicted molar refractivity (Wildman–Crippen MR) is 166 cm³/mol. The Morgan fingerprint density at radius 1 is 0.860 bits per heavy atom. The number of ether oxygens (including phenoxy) is 2. The Hall–Kier alpha value is -1.72. The van der Waals surface area contributed by atoms with Gasteiger partial charge in [-0.3, -0.25) is 4.57 Å². The van der Waals surface area contributed by atoms with E-state index in [0.717, 1.165) is 12.8 Å². The fraction of sp³-hybridized carbons (Fsp3) is 0.821. The maximum Gasteiger partial charge on any atom is 0.387 e. The largest absolute Gasteiger partial charge is 0.394 e. The monoisotopic (exact) mass is 647 g/mol. The first-order valence-corrected chi connectivity index (χ1v) is 18.7. The molecule has 246 valence electrons. The van der Waals surface area contributed by atoms with Crippen LogP contribution in [0.2, 0.25) is 0 Å². The molecule has 2 heterocycles. The van der Waals surface area contributed by atoms with Crippen LogP contribution in [0.1, 0.15) is 109 Å². The van der Waals surface area contributed by atoms with Gasteiger partial charge >= 0.3 is 15.3 Å². The van der Waals surface area contributed by atoms with E-state index in [1.54, 1.807) is 4.57 Å². The summed E-state index contributed by atoms with van der Waals surface area (Å²) < 4.78 is 46.8. The van der Waals surface area contributed by atoms with Gasteiger partial charge in [-0.05, 0) is 12.8 Å². The summed E-state index contributed by atoms with van der Waals surface area (Å²) in [5.41, 5.74) is 5.82. The van der Waals surface area contributed by atoms with Crippen molar-refractivity contribution in [2.75, 3.05) is 31.9 Å². The zero-order valence-corrected chi connectivity index (χ0v) is 27.4. The maximum absolute atomic E-state index is 11.5. The number of nitrogen functional groups attached to an aromatic ring is 1. The van der Waals surface area contributed by atoms with Gasteiger partial charge in [-0.1, -0.05) is 90.4 Å². The molecule has 0 saturated carbocycles. The molecular formula is C28H51N5O8P2. The highest BCUT2D eigenvalue weighted by Gasteiger charge is 2.23. The number of unbranched alkanes of at least 4 members (excludes halogenated alkanes) is 13. The molecular weight excluding hydrogens is 596 g/mol. The van der Waals surface area contributed by atoms with Crippen LogP contribution in [0.3, 0.4) is 0 Å². The first-order chi connectivity index (χ1) is 20.7. The molecule has 0 saturated heterocycles. The first-order valence-electron chi connectivity index (χ1n) is 15.7. The van der Waals surface area contributed by atoms with Crippen molar-refractivity contribution in [2.24, 2.45) is 0 Å². The van der Waals surface area contributed by atoms with E-state index in [4.69, 9.17) is 25.0 Å². The minimum atomic E-state index is -4.46. The summed E-state index contributed by atoms with van der Waals surface area (Å²) in [6.45, 7) is 2.82. The second kappa shape index (κ2) is 21.1. The number of aromatic nitrogens is 4. The third-order valence-electron chi connectivity index (χ3n) is 7.25. The van der Waals surface area contributed by atoms with Crippen LogP contribution < -0.4 is 11.3 Å². The van der Waals surface area contributed by atoms with Crippen LogP contribution in [0.4, 0.5) is 5.82 Å². The van der Waals surface area contributed by atoms with Gasteiger partial charge in [-0.15, -0.1) is 0 Å². The minimum Gasteiger partial charge on any atom is -0.394 e. The van der Waals surface area contributed by atoms with E-state index in [2.05, 4.69) is 21.9 Å². The second-order valence-electron chi connectivity index (χ2n) is 11.1. The van der Waals surface area contributed by atoms with Crippen LogP contribution in [0.5, 0.6) is 0 Å². The van der Waals surface area contributed by atoms with Crippen molar-refractivity contribution in [3.05, 3.63) is 5.82 Å². The van der Waals surface area contributed by atoms with Gasteiger partial charge in [0.1, 0.15) is 12.2 Å². The van der Waals surface area contributed by atoms with E-state index in [0.29, 0.717) is 31.9 Å². The van der Waals surface area contributed by atoms with Gasteiger partial charge in [0, 0.05) is 19.6 Å². The lowest BCUT2D eigenvalue weighted by Crippen LogP contribution is -2.26. The summed E-state index contributed by atoms with van der Waals surface area (Å²) >= 11 is 0. The van der Waals surface area contributed by atoms with E-state index < -0.39 is 39.9 Å². The van der Waals surface area contributed by atoms with E-state index in [1.165, 1.54) is 77.0 Å². The second-order valence-corrected chi connectivity index (χ2v) is 13.6. The lowest BCUT2D eigenvalue weighted by atomic mass is 10.0. The van der Waals surface area contributed by atoms with Gasteiger partial charge in [0.2, 0.25) is 0 Å². The van der Waals surface area contributed by atoms with Crippen LogP contribution in [-0.2, 0) is 36.1 Å². The molecule has 5 N–H and O–H groups in total. The van der Waals surface area contributed by atoms with Gasteiger partial charge in [0.15, 0.2) is 17.0 Å². The smallest absolute Gasteiger partial charge is 0.387 e. The van der Waals surface area contributed by atoms with Crippen molar-refractivity contribution in [1.29, 1.82) is 0 Å². The quantitative estimate of drug-likeness (QED) is 0.0774. The zero-order valence-electron chi connectivity index (χ0n) is 25.6. The summed E-state index contributed by atoms with van der Waals surface area (Å²) in [6.07, 6.45) is 17.4. The van der Waals surface area contributed by atoms with Crippen molar-refractivity contribution in [3.63, 3.8) is 0 Å². The Balaban J connectivity index is 1.74. The number of anilines is 1. The molecule has 0 aliphatic heterocycles. The maximum atomic E-state index is 11.5. The number of aryl methyl sites for hydroxylation is 1. The molecule has 0 aliphatic carbocycles. The highest BCUT2D eigenvalue weighted by molar-refractivity contribution is 7.51. The number of hydrogen-bond acceptors (Lipinski definition) is 10. The fourth-order valence-electron chi connectivity index (χ4n) is 4.92. The minimum absolute atomic E-state index is 0.0756. The molecule has 2 aromatic heterocycles. The number of aliphatic hydroxyl groups is 1. The van der Waals surface area contributed by atoms with Gasteiger partial charge in [0.25, 0.3) is 5.57 Å². The SMILES string of the molecule is CCCCCCCCCCCCCCCCOCCCc1nc2c(N)nc(P(=O)=O)nc2n1C[C@@H](CO)OCP(=O)(O)O. The average molecular weight is 648 g/mol. The third-order valence-corrected chi connectivity index (χ3v) is 8.26. The average Bonchev–Trinajstić information content (AvgIpc) is 3.31. The molecule has 0 unspecified atom stereocenters. The molecule has 0 spiro atoms. The number of aliphatic hydroxyl groups excluding tert-OH is 1. The summed E-state index contributed by atoms with van der Waals surface area (Å²) in [6, 6.07) is 0. The van der Waals surface area contributed by atoms with Crippen molar-refractivity contribution in [2.45, 2.75) is 122 Å². The van der Waals surface area contributed by atoms with Crippen LogP contribution in [0.15, 0.2) is 0 Å². The summed E-state index contributed by atoms with van der Waals surface area (Å²) in [5.74, 6) is 0.387. The van der Waals surface area contributed by atoms with E-state index in [-0.39, 0.29) is 23.5 Å². The van der Waals surface area contributed by atoms with Crippen LogP contribution in [0, 0.1) is 0 Å². The van der Waals surface area contributed by atoms with Gasteiger partial charge in [-0.2, -0.15) is 9.97 Å². The Morgan fingerprint density at radius 2 is 1.42 bits per heavy atom. The molecule has 0 amide bonds. The van der Waals surface area contributed by atoms with Gasteiger partial charge in [-0.25, -0.2) is 14.1 Å². The number of imidazole rings is 1. The number of fused-ring (bicyclic) bond motifs is 1. The Bertz CT molecular complexity index is 1180. The third kappa shape index (κ3) is 15.2. The Kier molecular flexibility index (Phi) is 18.4. The van der Waals surface area contributed by atoms with Crippen molar-refractivity contribution in [1.82, 2.24) is 19.5 Å². The highest BCUT2D eigenvalue weighted by atomic mass is 31.2. The normalized spacial score (nSPS) is 12.7. The van der Waals surface area contributed by atoms with E-state index in [1.807, 2.05) is 0 Å². The lowest BCUT2D eigenvalue weighted by Gasteiger charge is -2.18. The van der Waals surface area contributed by atoms with Crippen LogP contribution in [0.25, 0.3) is 11.2 Å². The molecule has 15 heteroatoms. The zero-order chi connectivity index (χ0) is 31.5. The standard InChI is InChI=1S/C28H51N5O8P2/c1-2-3-4-5-6-7-8-9-10-11-12-13-14-15-18-40-19-16-17-24-30-25-26(29)31-28(42(35)36)32-27(25)33(24)20-23(21-34)41-22-43(37,38)39/h23,34H,2-22H2,1H3,(H2,29,31,32)(H2,37,38,39)/t23-/m0/s1. The molecule has 0 aromatic carbocycles. The first kappa shape index (κ1) is 37.5. The summed E-state index contributed by atoms with van der Waals surface area (Å²) in [4.78, 5) is 30.6. The number of nitrogens with zero attached hydrogens (tertiary/aromatic N) is 4. The van der Waals surface area contributed by atoms with Crippen molar-refractivity contribution < 1.29 is 38.1 Å². The molecule has 43 heavy (non-hydrogen) atoms. The summed E-state index contributed by atoms with van der Waals surface area (Å²) in [7, 11) is -7.57. The Morgan fingerprint density at radius 3 is 1.95 bits per heavy atom. The topological polar surface area (TPSA) is 200 Å². The molecule has 2 rings (SSSR count). The highest BCUT2D eigenvalue weighted by Crippen LogP contribution is 2.34. The molecule has 0 fully saturated rings. The fourth-order valence-corrected chi connectivity index (χ4v) is 5.69. The van der Waals surface area contributed by atoms with Crippen LogP contribution >= 0.6 is 15.3 Å². The lowest BCUT2D eigenvalue weighted by molar-refractivity contribution is 0.0197. The van der Waals surface area contributed by atoms with Gasteiger partial charge < -0.3 is 34.7 Å². The molecule has 13 nitrogen and oxygen atoms in total. The van der Waals surface area contributed by atoms with Crippen molar-refractivity contribution >= 4 is 37.8 Å². The number of nitrogens with two attached hydrogens (primary N) is 1. The van der Waals surface area contributed by atoms with Crippen molar-refractivity contribution in [3.8, 4) is 0 Å². The van der Waals surface area contributed by atoms with Crippen LogP contribution in [-0.4, -0.2) is 66.7 Å².